The van der Waals surface area contributed by atoms with Gasteiger partial charge in [0.05, 0.1) is 17.5 Å². The van der Waals surface area contributed by atoms with E-state index in [1.54, 1.807) is 0 Å². The van der Waals surface area contributed by atoms with Crippen LogP contribution in [0.5, 0.6) is 0 Å². The first-order valence-corrected chi connectivity index (χ1v) is 4.68. The quantitative estimate of drug-likeness (QED) is 0.476. The zero-order chi connectivity index (χ0) is 12.8. The molecule has 1 N–H and O–H groups in total. The summed E-state index contributed by atoms with van der Waals surface area (Å²) in [5, 5.41) is 13.0. The molecule has 0 radical (unpaired) electrons. The van der Waals surface area contributed by atoms with Crippen molar-refractivity contribution >= 4 is 11.6 Å². The Balaban J connectivity index is 2.90. The van der Waals surface area contributed by atoms with Crippen LogP contribution in [0.2, 0.25) is 0 Å². The number of nitro groups is 1. The summed E-state index contributed by atoms with van der Waals surface area (Å²) >= 11 is 0. The number of rotatable bonds is 2. The lowest BCUT2D eigenvalue weighted by atomic mass is 10.2. The van der Waals surface area contributed by atoms with Gasteiger partial charge in [0, 0.05) is 6.92 Å². The maximum Gasteiger partial charge on any atom is 0.287 e. The fourth-order valence-electron chi connectivity index (χ4n) is 1.07. The zero-order valence-electron chi connectivity index (χ0n) is 8.99. The molecule has 1 amide bonds. The molecule has 17 heavy (non-hydrogen) atoms. The normalized spacial score (nSPS) is 9.06. The molecule has 0 bridgehead atoms. The Morgan fingerprint density at radius 1 is 1.59 bits per heavy atom. The summed E-state index contributed by atoms with van der Waals surface area (Å²) in [7, 11) is 0. The summed E-state index contributed by atoms with van der Waals surface area (Å²) in [6.07, 6.45) is 0. The van der Waals surface area contributed by atoms with Crippen molar-refractivity contribution in [1.82, 2.24) is 5.32 Å². The molecular formula is C11H9FN2O3. The second kappa shape index (κ2) is 5.61. The van der Waals surface area contributed by atoms with E-state index in [0.717, 1.165) is 12.1 Å². The third kappa shape index (κ3) is 3.91. The van der Waals surface area contributed by atoms with Crippen molar-refractivity contribution in [3.05, 3.63) is 39.7 Å². The molecule has 0 unspecified atom stereocenters. The Morgan fingerprint density at radius 3 is 2.88 bits per heavy atom. The molecule has 0 aliphatic heterocycles. The summed E-state index contributed by atoms with van der Waals surface area (Å²) in [6.45, 7) is 1.42. The van der Waals surface area contributed by atoms with E-state index < -0.39 is 10.7 Å². The van der Waals surface area contributed by atoms with Crippen LogP contribution in [0.1, 0.15) is 12.5 Å². The number of hydrogen-bond donors (Lipinski definition) is 1. The summed E-state index contributed by atoms with van der Waals surface area (Å²) < 4.78 is 12.8. The van der Waals surface area contributed by atoms with Crippen molar-refractivity contribution < 1.29 is 14.1 Å². The highest BCUT2D eigenvalue weighted by molar-refractivity contribution is 5.73. The van der Waals surface area contributed by atoms with E-state index in [9.17, 15) is 19.3 Å². The minimum absolute atomic E-state index is 0.0872. The molecule has 5 nitrogen and oxygen atoms in total. The molecule has 0 aliphatic carbocycles. The van der Waals surface area contributed by atoms with Crippen LogP contribution in [-0.2, 0) is 4.79 Å². The van der Waals surface area contributed by atoms with E-state index >= 15 is 0 Å². The number of nitro benzene ring substituents is 1. The molecule has 0 saturated carbocycles. The van der Waals surface area contributed by atoms with Crippen LogP contribution in [-0.4, -0.2) is 17.4 Å². The van der Waals surface area contributed by atoms with E-state index in [1.807, 2.05) is 0 Å². The summed E-state index contributed by atoms with van der Waals surface area (Å²) in [5.74, 6) is 4.11. The first-order valence-electron chi connectivity index (χ1n) is 4.68. The number of nitrogens with one attached hydrogen (secondary N) is 1. The SMILES string of the molecule is CC(=O)NCC#Cc1ccc(F)cc1[N+](=O)[O-]. The largest absolute Gasteiger partial charge is 0.345 e. The predicted molar refractivity (Wildman–Crippen MR) is 58.6 cm³/mol. The monoisotopic (exact) mass is 236 g/mol. The Bertz CT molecular complexity index is 517. The van der Waals surface area contributed by atoms with E-state index in [-0.39, 0.29) is 23.7 Å². The minimum Gasteiger partial charge on any atom is -0.345 e. The summed E-state index contributed by atoms with van der Waals surface area (Å²) in [4.78, 5) is 20.5. The van der Waals surface area contributed by atoms with E-state index in [1.165, 1.54) is 13.0 Å². The van der Waals surface area contributed by atoms with Gasteiger partial charge in [-0.3, -0.25) is 14.9 Å². The summed E-state index contributed by atoms with van der Waals surface area (Å²) in [5.41, 5.74) is -0.276. The number of carbonyl (C=O) groups is 1. The summed E-state index contributed by atoms with van der Waals surface area (Å²) in [6, 6.07) is 3.13. The standard InChI is InChI=1S/C11H9FN2O3/c1-8(15)13-6-2-3-9-4-5-10(12)7-11(9)14(16)17/h4-5,7H,6H2,1H3,(H,13,15). The molecule has 0 saturated heterocycles. The van der Waals surface area contributed by atoms with Crippen molar-refractivity contribution in [3.8, 4) is 11.8 Å². The maximum atomic E-state index is 12.8. The average Bonchev–Trinajstić information content (AvgIpc) is 2.25. The molecule has 1 aromatic carbocycles. The number of nitrogens with zero attached hydrogens (tertiary/aromatic N) is 1. The van der Waals surface area contributed by atoms with Crippen molar-refractivity contribution in [1.29, 1.82) is 0 Å². The van der Waals surface area contributed by atoms with E-state index in [2.05, 4.69) is 17.2 Å². The molecule has 0 fully saturated rings. The number of halogens is 1. The van der Waals surface area contributed by atoms with Crippen LogP contribution in [0.25, 0.3) is 0 Å². The molecule has 0 aliphatic rings. The predicted octanol–water partition coefficient (Wildman–Crippen LogP) is 1.22. The van der Waals surface area contributed by atoms with Gasteiger partial charge in [-0.05, 0) is 12.1 Å². The molecule has 6 heteroatoms. The Kier molecular flexibility index (Phi) is 4.17. The van der Waals surface area contributed by atoms with Gasteiger partial charge in [-0.25, -0.2) is 4.39 Å². The lowest BCUT2D eigenvalue weighted by molar-refractivity contribution is -0.385. The molecule has 1 aromatic rings. The van der Waals surface area contributed by atoms with Gasteiger partial charge in [0.25, 0.3) is 5.69 Å². The fourth-order valence-corrected chi connectivity index (χ4v) is 1.07. The van der Waals surface area contributed by atoms with E-state index in [4.69, 9.17) is 0 Å². The van der Waals surface area contributed by atoms with Gasteiger partial charge in [0.15, 0.2) is 0 Å². The van der Waals surface area contributed by atoms with Crippen molar-refractivity contribution in [3.63, 3.8) is 0 Å². The van der Waals surface area contributed by atoms with Gasteiger partial charge in [0.2, 0.25) is 5.91 Å². The molecular weight excluding hydrogens is 227 g/mol. The van der Waals surface area contributed by atoms with Crippen LogP contribution in [0.4, 0.5) is 10.1 Å². The first-order chi connectivity index (χ1) is 8.00. The van der Waals surface area contributed by atoms with Crippen LogP contribution < -0.4 is 5.32 Å². The minimum atomic E-state index is -0.703. The number of carbonyl (C=O) groups excluding carboxylic acids is 1. The average molecular weight is 236 g/mol. The molecule has 0 heterocycles. The number of hydrogen-bond acceptors (Lipinski definition) is 3. The highest BCUT2D eigenvalue weighted by atomic mass is 19.1. The number of benzene rings is 1. The second-order valence-corrected chi connectivity index (χ2v) is 3.13. The Labute approximate surface area is 96.8 Å². The van der Waals surface area contributed by atoms with Crippen molar-refractivity contribution in [2.45, 2.75) is 6.92 Å². The Hall–Kier alpha value is -2.42. The third-order valence-electron chi connectivity index (χ3n) is 1.81. The third-order valence-corrected chi connectivity index (χ3v) is 1.81. The molecule has 1 rings (SSSR count). The second-order valence-electron chi connectivity index (χ2n) is 3.13. The van der Waals surface area contributed by atoms with Crippen LogP contribution in [0, 0.1) is 27.8 Å². The van der Waals surface area contributed by atoms with Gasteiger partial charge in [-0.15, -0.1) is 0 Å². The van der Waals surface area contributed by atoms with Crippen molar-refractivity contribution in [2.75, 3.05) is 6.54 Å². The molecule has 0 spiro atoms. The molecule has 88 valence electrons. The highest BCUT2D eigenvalue weighted by Gasteiger charge is 2.12. The van der Waals surface area contributed by atoms with Gasteiger partial charge in [0.1, 0.15) is 11.4 Å². The van der Waals surface area contributed by atoms with Gasteiger partial charge in [-0.1, -0.05) is 11.8 Å². The molecule has 0 atom stereocenters. The van der Waals surface area contributed by atoms with Gasteiger partial charge in [-0.2, -0.15) is 0 Å². The van der Waals surface area contributed by atoms with Crippen LogP contribution >= 0.6 is 0 Å². The molecule has 0 aromatic heterocycles. The first kappa shape index (κ1) is 12.6. The lowest BCUT2D eigenvalue weighted by Crippen LogP contribution is -2.19. The lowest BCUT2D eigenvalue weighted by Gasteiger charge is -1.95. The fraction of sp³-hybridized carbons (Fsp3) is 0.182. The maximum absolute atomic E-state index is 12.8. The van der Waals surface area contributed by atoms with Crippen molar-refractivity contribution in [2.24, 2.45) is 0 Å². The highest BCUT2D eigenvalue weighted by Crippen LogP contribution is 2.18. The number of amides is 1. The van der Waals surface area contributed by atoms with Gasteiger partial charge >= 0.3 is 0 Å². The van der Waals surface area contributed by atoms with Crippen LogP contribution in [0.15, 0.2) is 18.2 Å². The van der Waals surface area contributed by atoms with Gasteiger partial charge < -0.3 is 5.32 Å². The zero-order valence-corrected chi connectivity index (χ0v) is 8.99. The smallest absolute Gasteiger partial charge is 0.287 e. The van der Waals surface area contributed by atoms with Crippen LogP contribution in [0.3, 0.4) is 0 Å². The topological polar surface area (TPSA) is 72.2 Å². The Morgan fingerprint density at radius 2 is 2.29 bits per heavy atom. The van der Waals surface area contributed by atoms with E-state index in [0.29, 0.717) is 0 Å².